The molecule has 0 aliphatic rings. The van der Waals surface area contributed by atoms with Gasteiger partial charge in [0.15, 0.2) is 0 Å². The Kier molecular flexibility index (Phi) is 7.34. The summed E-state index contributed by atoms with van der Waals surface area (Å²) in [6, 6.07) is 8.83. The molecule has 24 heavy (non-hydrogen) atoms. The first kappa shape index (κ1) is 19.5. The van der Waals surface area contributed by atoms with E-state index in [2.05, 4.69) is 31.2 Å². The average Bonchev–Trinajstić information content (AvgIpc) is 3.22. The van der Waals surface area contributed by atoms with E-state index in [1.54, 1.807) is 5.48 Å². The Bertz CT molecular complexity index is 665. The van der Waals surface area contributed by atoms with Gasteiger partial charge in [0, 0.05) is 19.5 Å². The lowest BCUT2D eigenvalue weighted by molar-refractivity contribution is -0.131. The van der Waals surface area contributed by atoms with E-state index in [9.17, 15) is 4.79 Å². The van der Waals surface area contributed by atoms with Crippen molar-refractivity contribution in [1.82, 2.24) is 5.48 Å². The molecule has 0 spiro atoms. The minimum absolute atomic E-state index is 0.302. The highest BCUT2D eigenvalue weighted by molar-refractivity contribution is 8.00. The predicted molar refractivity (Wildman–Crippen MR) is 106 cm³/mol. The minimum atomic E-state index is -0.540. The molecular weight excluding hydrogens is 358 g/mol. The van der Waals surface area contributed by atoms with E-state index in [0.29, 0.717) is 0 Å². The lowest BCUT2D eigenvalue weighted by Gasteiger charge is -2.24. The van der Waals surface area contributed by atoms with Crippen molar-refractivity contribution in [2.24, 2.45) is 0 Å². The molecule has 0 bridgehead atoms. The third-order valence-electron chi connectivity index (χ3n) is 4.25. The maximum absolute atomic E-state index is 11.7. The quantitative estimate of drug-likeness (QED) is 0.341. The van der Waals surface area contributed by atoms with Crippen LogP contribution in [-0.4, -0.2) is 22.1 Å². The molecule has 2 rings (SSSR count). The van der Waals surface area contributed by atoms with Crippen molar-refractivity contribution < 1.29 is 10.0 Å². The molecule has 0 saturated carbocycles. The van der Waals surface area contributed by atoms with Crippen LogP contribution in [0.25, 0.3) is 9.75 Å². The van der Waals surface area contributed by atoms with Gasteiger partial charge in [-0.3, -0.25) is 10.0 Å². The van der Waals surface area contributed by atoms with E-state index in [1.165, 1.54) is 31.3 Å². The predicted octanol–water partition coefficient (Wildman–Crippen LogP) is 5.52. The summed E-state index contributed by atoms with van der Waals surface area (Å²) in [7, 11) is 0. The van der Waals surface area contributed by atoms with Crippen LogP contribution >= 0.6 is 34.4 Å². The lowest BCUT2D eigenvalue weighted by Crippen LogP contribution is -2.40. The van der Waals surface area contributed by atoms with Crippen molar-refractivity contribution in [2.45, 2.75) is 50.7 Å². The molecule has 0 fully saturated rings. The van der Waals surface area contributed by atoms with E-state index < -0.39 is 4.75 Å². The van der Waals surface area contributed by atoms with E-state index in [4.69, 9.17) is 5.21 Å². The van der Waals surface area contributed by atoms with Gasteiger partial charge in [0.1, 0.15) is 0 Å². The van der Waals surface area contributed by atoms with Gasteiger partial charge in [0.25, 0.3) is 5.91 Å². The molecule has 0 radical (unpaired) electrons. The number of hydrogen-bond acceptors (Lipinski definition) is 5. The first-order valence-corrected chi connectivity index (χ1v) is 11.0. The van der Waals surface area contributed by atoms with Crippen molar-refractivity contribution in [3.63, 3.8) is 0 Å². The fourth-order valence-electron chi connectivity index (χ4n) is 2.58. The molecule has 0 aliphatic carbocycles. The van der Waals surface area contributed by atoms with Gasteiger partial charge >= 0.3 is 0 Å². The number of hydroxylamine groups is 1. The number of amides is 1. The van der Waals surface area contributed by atoms with Crippen LogP contribution in [0.3, 0.4) is 0 Å². The summed E-state index contributed by atoms with van der Waals surface area (Å²) in [6.45, 7) is 4.03. The van der Waals surface area contributed by atoms with Crippen LogP contribution in [0.4, 0.5) is 0 Å². The summed E-state index contributed by atoms with van der Waals surface area (Å²) in [6.07, 6.45) is 7.01. The van der Waals surface area contributed by atoms with Gasteiger partial charge in [-0.25, -0.2) is 5.48 Å². The van der Waals surface area contributed by atoms with E-state index in [1.807, 2.05) is 35.9 Å². The van der Waals surface area contributed by atoms with E-state index in [-0.39, 0.29) is 5.91 Å². The van der Waals surface area contributed by atoms with Crippen LogP contribution in [0.5, 0.6) is 0 Å². The van der Waals surface area contributed by atoms with Gasteiger partial charge in [0.05, 0.1) is 4.75 Å². The Hall–Kier alpha value is -0.820. The largest absolute Gasteiger partial charge is 0.289 e. The molecule has 132 valence electrons. The maximum Gasteiger partial charge on any atom is 0.259 e. The average molecular weight is 384 g/mol. The summed E-state index contributed by atoms with van der Waals surface area (Å²) in [5, 5.41) is 8.84. The number of rotatable bonds is 9. The van der Waals surface area contributed by atoms with Gasteiger partial charge in [-0.1, -0.05) is 12.8 Å². The highest BCUT2D eigenvalue weighted by atomic mass is 32.2. The number of aryl methyl sites for hydroxylation is 2. The Morgan fingerprint density at radius 2 is 1.88 bits per heavy atom. The number of carbonyl (C=O) groups excluding carboxylic acids is 1. The number of thiophene rings is 2. The molecule has 1 amide bonds. The second-order valence-corrected chi connectivity index (χ2v) is 9.88. The van der Waals surface area contributed by atoms with Crippen LogP contribution in [0, 0.1) is 6.92 Å². The minimum Gasteiger partial charge on any atom is -0.289 e. The number of carbonyl (C=O) groups is 1. The lowest BCUT2D eigenvalue weighted by atomic mass is 10.0. The Balaban J connectivity index is 1.75. The van der Waals surface area contributed by atoms with Gasteiger partial charge in [0.2, 0.25) is 0 Å². The van der Waals surface area contributed by atoms with Crippen LogP contribution in [0.2, 0.25) is 0 Å². The zero-order chi connectivity index (χ0) is 17.6. The molecule has 2 N–H and O–H groups in total. The highest BCUT2D eigenvalue weighted by Crippen LogP contribution is 2.34. The first-order valence-electron chi connectivity index (χ1n) is 8.14. The van der Waals surface area contributed by atoms with Gasteiger partial charge in [-0.15, -0.1) is 34.4 Å². The van der Waals surface area contributed by atoms with Crippen molar-refractivity contribution in [3.8, 4) is 9.75 Å². The molecule has 0 aromatic carbocycles. The van der Waals surface area contributed by atoms with Crippen molar-refractivity contribution in [2.75, 3.05) is 6.26 Å². The molecule has 2 heterocycles. The van der Waals surface area contributed by atoms with Crippen LogP contribution in [-0.2, 0) is 11.2 Å². The molecule has 0 saturated heterocycles. The summed E-state index contributed by atoms with van der Waals surface area (Å²) in [4.78, 5) is 17.2. The molecule has 6 heteroatoms. The molecule has 2 aromatic heterocycles. The van der Waals surface area contributed by atoms with Crippen LogP contribution < -0.4 is 5.48 Å². The zero-order valence-electron chi connectivity index (χ0n) is 14.4. The third-order valence-corrected chi connectivity index (χ3v) is 7.89. The Labute approximate surface area is 156 Å². The number of unbranched alkanes of at least 4 members (excludes halogenated alkanes) is 2. The summed E-state index contributed by atoms with van der Waals surface area (Å²) < 4.78 is -0.540. The summed E-state index contributed by atoms with van der Waals surface area (Å²) in [5.41, 5.74) is 1.79. The molecule has 1 unspecified atom stereocenters. The zero-order valence-corrected chi connectivity index (χ0v) is 16.9. The number of hydrogen-bond donors (Lipinski definition) is 2. The highest BCUT2D eigenvalue weighted by Gasteiger charge is 2.31. The van der Waals surface area contributed by atoms with E-state index >= 15 is 0 Å². The fourth-order valence-corrected chi connectivity index (χ4v) is 5.16. The van der Waals surface area contributed by atoms with Gasteiger partial charge < -0.3 is 0 Å². The smallest absolute Gasteiger partial charge is 0.259 e. The van der Waals surface area contributed by atoms with Crippen LogP contribution in [0.1, 0.15) is 42.4 Å². The summed E-state index contributed by atoms with van der Waals surface area (Å²) >= 11 is 5.22. The SMILES string of the molecule is CSC(C)(CCCCCc1ccc(-c2ccc(C)s2)s1)C(=O)NO. The maximum atomic E-state index is 11.7. The third kappa shape index (κ3) is 5.09. The molecule has 2 aromatic rings. The Morgan fingerprint density at radius 1 is 1.17 bits per heavy atom. The van der Waals surface area contributed by atoms with E-state index in [0.717, 1.165) is 32.1 Å². The second kappa shape index (κ2) is 9.04. The number of thioether (sulfide) groups is 1. The number of nitrogens with one attached hydrogen (secondary N) is 1. The molecule has 1 atom stereocenters. The molecular formula is C18H25NO2S3. The fraction of sp³-hybridized carbons (Fsp3) is 0.500. The van der Waals surface area contributed by atoms with Crippen molar-refractivity contribution in [1.29, 1.82) is 0 Å². The Morgan fingerprint density at radius 3 is 2.50 bits per heavy atom. The molecule has 0 aliphatic heterocycles. The molecule has 3 nitrogen and oxygen atoms in total. The monoisotopic (exact) mass is 383 g/mol. The van der Waals surface area contributed by atoms with Crippen LogP contribution in [0.15, 0.2) is 24.3 Å². The second-order valence-electron chi connectivity index (χ2n) is 6.11. The standard InChI is InChI=1S/C18H25NO2S3/c1-13-8-10-15(23-13)16-11-9-14(24-16)7-5-4-6-12-18(2,22-3)17(20)19-21/h8-11,21H,4-7,12H2,1-3H3,(H,19,20). The van der Waals surface area contributed by atoms with Crippen molar-refractivity contribution >= 4 is 40.3 Å². The topological polar surface area (TPSA) is 49.3 Å². The van der Waals surface area contributed by atoms with Crippen molar-refractivity contribution in [3.05, 3.63) is 34.0 Å². The summed E-state index contributed by atoms with van der Waals surface area (Å²) in [5.74, 6) is -0.302. The normalized spacial score (nSPS) is 13.7. The first-order chi connectivity index (χ1) is 11.5. The van der Waals surface area contributed by atoms with Gasteiger partial charge in [-0.05, 0) is 63.6 Å². The van der Waals surface area contributed by atoms with Gasteiger partial charge in [-0.2, -0.15) is 0 Å².